The van der Waals surface area contributed by atoms with Crippen LogP contribution in [0.5, 0.6) is 5.75 Å². The normalized spacial score (nSPS) is 11.5. The molecule has 0 unspecified atom stereocenters. The predicted octanol–water partition coefficient (Wildman–Crippen LogP) is 1.82. The van der Waals surface area contributed by atoms with Crippen molar-refractivity contribution in [3.05, 3.63) is 23.5 Å². The van der Waals surface area contributed by atoms with Gasteiger partial charge in [0.25, 0.3) is 0 Å². The van der Waals surface area contributed by atoms with E-state index in [-0.39, 0.29) is 18.1 Å². The first kappa shape index (κ1) is 11.8. The zero-order valence-corrected chi connectivity index (χ0v) is 8.01. The van der Waals surface area contributed by atoms with E-state index in [2.05, 4.69) is 9.72 Å². The zero-order valence-electron chi connectivity index (χ0n) is 8.01. The van der Waals surface area contributed by atoms with Gasteiger partial charge in [-0.25, -0.2) is 0 Å². The van der Waals surface area contributed by atoms with E-state index in [0.717, 1.165) is 0 Å². The molecule has 1 aromatic rings. The Morgan fingerprint density at radius 1 is 1.47 bits per heavy atom. The fourth-order valence-electron chi connectivity index (χ4n) is 0.947. The van der Waals surface area contributed by atoms with E-state index in [1.165, 1.54) is 12.3 Å². The van der Waals surface area contributed by atoms with Crippen molar-refractivity contribution >= 4 is 0 Å². The lowest BCUT2D eigenvalue weighted by Crippen LogP contribution is -2.19. The minimum atomic E-state index is -4.37. The first-order valence-electron chi connectivity index (χ1n) is 4.18. The smallest absolute Gasteiger partial charge is 0.422 e. The van der Waals surface area contributed by atoms with Gasteiger partial charge < -0.3 is 9.84 Å². The van der Waals surface area contributed by atoms with Crippen LogP contribution >= 0.6 is 0 Å². The number of hydrogen-bond acceptors (Lipinski definition) is 3. The van der Waals surface area contributed by atoms with Crippen molar-refractivity contribution in [3.63, 3.8) is 0 Å². The van der Waals surface area contributed by atoms with Crippen molar-refractivity contribution in [2.75, 3.05) is 6.61 Å². The summed E-state index contributed by atoms with van der Waals surface area (Å²) in [4.78, 5) is 3.79. The Labute approximate surface area is 84.5 Å². The number of pyridine rings is 1. The van der Waals surface area contributed by atoms with Crippen molar-refractivity contribution in [2.45, 2.75) is 19.7 Å². The number of aromatic nitrogens is 1. The number of aliphatic hydroxyl groups excluding tert-OH is 1. The molecule has 0 fully saturated rings. The highest BCUT2D eigenvalue weighted by atomic mass is 19.4. The third kappa shape index (κ3) is 3.75. The number of nitrogens with zero attached hydrogens (tertiary/aromatic N) is 1. The summed E-state index contributed by atoms with van der Waals surface area (Å²) in [6.45, 7) is -0.0920. The molecule has 1 heterocycles. The lowest BCUT2D eigenvalue weighted by atomic mass is 10.2. The lowest BCUT2D eigenvalue weighted by Gasteiger charge is -2.11. The molecule has 0 spiro atoms. The molecule has 0 atom stereocenters. The highest BCUT2D eigenvalue weighted by molar-refractivity contribution is 5.31. The monoisotopic (exact) mass is 221 g/mol. The van der Waals surface area contributed by atoms with Gasteiger partial charge in [-0.05, 0) is 6.92 Å². The molecule has 0 saturated heterocycles. The topological polar surface area (TPSA) is 42.4 Å². The summed E-state index contributed by atoms with van der Waals surface area (Å²) in [5, 5.41) is 8.74. The number of ether oxygens (including phenoxy) is 1. The molecule has 15 heavy (non-hydrogen) atoms. The van der Waals surface area contributed by atoms with E-state index in [1.54, 1.807) is 6.92 Å². The largest absolute Gasteiger partial charge is 0.484 e. The Hall–Kier alpha value is -1.30. The molecule has 0 aliphatic carbocycles. The summed E-state index contributed by atoms with van der Waals surface area (Å²) in [6.07, 6.45) is -3.01. The van der Waals surface area contributed by atoms with Crippen LogP contribution in [0.15, 0.2) is 12.3 Å². The molecular formula is C9H10F3NO2. The molecule has 0 aromatic carbocycles. The second-order valence-electron chi connectivity index (χ2n) is 3.00. The Morgan fingerprint density at radius 3 is 2.67 bits per heavy atom. The molecule has 1 aromatic heterocycles. The van der Waals surface area contributed by atoms with Crippen LogP contribution in [0.4, 0.5) is 13.2 Å². The summed E-state index contributed by atoms with van der Waals surface area (Å²) in [6, 6.07) is 1.29. The van der Waals surface area contributed by atoms with Gasteiger partial charge in [0, 0.05) is 17.8 Å². The van der Waals surface area contributed by atoms with Crippen LogP contribution in [-0.4, -0.2) is 22.9 Å². The van der Waals surface area contributed by atoms with Crippen molar-refractivity contribution in [1.82, 2.24) is 4.98 Å². The Morgan fingerprint density at radius 2 is 2.13 bits per heavy atom. The minimum Gasteiger partial charge on any atom is -0.484 e. The van der Waals surface area contributed by atoms with Gasteiger partial charge in [0.15, 0.2) is 6.61 Å². The van der Waals surface area contributed by atoms with E-state index >= 15 is 0 Å². The molecule has 0 radical (unpaired) electrons. The maximum atomic E-state index is 11.9. The van der Waals surface area contributed by atoms with Crippen LogP contribution in [0.2, 0.25) is 0 Å². The van der Waals surface area contributed by atoms with Gasteiger partial charge in [-0.15, -0.1) is 0 Å². The average molecular weight is 221 g/mol. The summed E-state index contributed by atoms with van der Waals surface area (Å²) in [7, 11) is 0. The van der Waals surface area contributed by atoms with E-state index < -0.39 is 12.8 Å². The maximum Gasteiger partial charge on any atom is 0.422 e. The van der Waals surface area contributed by atoms with Gasteiger partial charge in [-0.1, -0.05) is 0 Å². The number of alkyl halides is 3. The Balaban J connectivity index is 2.75. The van der Waals surface area contributed by atoms with Gasteiger partial charge in [-0.2, -0.15) is 13.2 Å². The highest BCUT2D eigenvalue weighted by Gasteiger charge is 2.28. The molecule has 0 amide bonds. The quantitative estimate of drug-likeness (QED) is 0.846. The van der Waals surface area contributed by atoms with Gasteiger partial charge in [-0.3, -0.25) is 4.98 Å². The Kier molecular flexibility index (Phi) is 3.52. The number of aryl methyl sites for hydroxylation is 1. The number of halogens is 3. The van der Waals surface area contributed by atoms with Gasteiger partial charge in [0.05, 0.1) is 12.3 Å². The van der Waals surface area contributed by atoms with Gasteiger partial charge in [0.2, 0.25) is 0 Å². The fraction of sp³-hybridized carbons (Fsp3) is 0.444. The second-order valence-corrected chi connectivity index (χ2v) is 3.00. The third-order valence-corrected chi connectivity index (χ3v) is 1.66. The number of hydrogen-bond donors (Lipinski definition) is 1. The van der Waals surface area contributed by atoms with E-state index in [4.69, 9.17) is 5.11 Å². The molecule has 6 heteroatoms. The van der Waals surface area contributed by atoms with Crippen molar-refractivity contribution in [1.29, 1.82) is 0 Å². The molecule has 0 aliphatic heterocycles. The van der Waals surface area contributed by atoms with Crippen LogP contribution < -0.4 is 4.74 Å². The molecule has 3 nitrogen and oxygen atoms in total. The molecule has 0 saturated carbocycles. The van der Waals surface area contributed by atoms with Crippen LogP contribution in [0, 0.1) is 6.92 Å². The third-order valence-electron chi connectivity index (χ3n) is 1.66. The minimum absolute atomic E-state index is 0.0892. The van der Waals surface area contributed by atoms with Crippen molar-refractivity contribution < 1.29 is 23.0 Å². The summed E-state index contributed by atoms with van der Waals surface area (Å²) < 4.78 is 40.2. The number of aliphatic hydroxyl groups is 1. The van der Waals surface area contributed by atoms with Crippen LogP contribution in [0.3, 0.4) is 0 Å². The van der Waals surface area contributed by atoms with Crippen LogP contribution in [0.25, 0.3) is 0 Å². The zero-order chi connectivity index (χ0) is 11.5. The number of rotatable bonds is 3. The van der Waals surface area contributed by atoms with E-state index in [9.17, 15) is 13.2 Å². The first-order chi connectivity index (χ1) is 6.92. The predicted molar refractivity (Wildman–Crippen MR) is 46.4 cm³/mol. The maximum absolute atomic E-state index is 11.9. The van der Waals surface area contributed by atoms with Crippen LogP contribution in [0.1, 0.15) is 11.3 Å². The fourth-order valence-corrected chi connectivity index (χ4v) is 0.947. The molecule has 0 aliphatic rings. The summed E-state index contributed by atoms with van der Waals surface area (Å²) in [5.41, 5.74) is 0.772. The molecule has 0 bridgehead atoms. The highest BCUT2D eigenvalue weighted by Crippen LogP contribution is 2.21. The van der Waals surface area contributed by atoms with Crippen LogP contribution in [-0.2, 0) is 6.61 Å². The summed E-state index contributed by atoms with van der Waals surface area (Å²) in [5.74, 6) is 0.0892. The summed E-state index contributed by atoms with van der Waals surface area (Å²) >= 11 is 0. The molecule has 84 valence electrons. The van der Waals surface area contributed by atoms with Crippen molar-refractivity contribution in [3.8, 4) is 5.75 Å². The average Bonchev–Trinajstić information content (AvgIpc) is 2.15. The second kappa shape index (κ2) is 4.48. The SMILES string of the molecule is Cc1cnc(CO)cc1OCC(F)(F)F. The van der Waals surface area contributed by atoms with Gasteiger partial charge in [0.1, 0.15) is 5.75 Å². The van der Waals surface area contributed by atoms with Gasteiger partial charge >= 0.3 is 6.18 Å². The molecular weight excluding hydrogens is 211 g/mol. The Bertz CT molecular complexity index is 339. The van der Waals surface area contributed by atoms with Crippen molar-refractivity contribution in [2.24, 2.45) is 0 Å². The molecule has 1 rings (SSSR count). The molecule has 1 N–H and O–H groups in total. The standard InChI is InChI=1S/C9H10F3NO2/c1-6-3-13-7(4-14)2-8(6)15-5-9(10,11)12/h2-3,14H,4-5H2,1H3. The van der Waals surface area contributed by atoms with E-state index in [1.807, 2.05) is 0 Å². The van der Waals surface area contributed by atoms with E-state index in [0.29, 0.717) is 5.56 Å². The lowest BCUT2D eigenvalue weighted by molar-refractivity contribution is -0.153. The first-order valence-corrected chi connectivity index (χ1v) is 4.18.